The summed E-state index contributed by atoms with van der Waals surface area (Å²) in [6.07, 6.45) is 9.89. The lowest BCUT2D eigenvalue weighted by atomic mass is 9.84. The van der Waals surface area contributed by atoms with E-state index >= 15 is 0 Å². The second-order valence-corrected chi connectivity index (χ2v) is 5.89. The summed E-state index contributed by atoms with van der Waals surface area (Å²) in [6, 6.07) is 8.77. The number of ketones is 1. The summed E-state index contributed by atoms with van der Waals surface area (Å²) >= 11 is 0. The highest BCUT2D eigenvalue weighted by Crippen LogP contribution is 2.34. The van der Waals surface area contributed by atoms with Crippen molar-refractivity contribution in [3.63, 3.8) is 0 Å². The first-order chi connectivity index (χ1) is 9.72. The van der Waals surface area contributed by atoms with Crippen molar-refractivity contribution < 1.29 is 4.79 Å². The van der Waals surface area contributed by atoms with Crippen LogP contribution in [0.2, 0.25) is 0 Å². The van der Waals surface area contributed by atoms with Gasteiger partial charge in [-0.2, -0.15) is 0 Å². The molecule has 1 nitrogen and oxygen atoms in total. The maximum atomic E-state index is 11.5. The van der Waals surface area contributed by atoms with E-state index in [2.05, 4.69) is 43.3 Å². The number of hydrogen-bond donors (Lipinski definition) is 0. The Morgan fingerprint density at radius 3 is 2.40 bits per heavy atom. The van der Waals surface area contributed by atoms with E-state index < -0.39 is 0 Å². The molecule has 1 atom stereocenters. The van der Waals surface area contributed by atoms with Crippen LogP contribution in [0.15, 0.2) is 36.4 Å². The van der Waals surface area contributed by atoms with E-state index in [-0.39, 0.29) is 5.78 Å². The van der Waals surface area contributed by atoms with Gasteiger partial charge in [0.2, 0.25) is 0 Å². The van der Waals surface area contributed by atoms with E-state index in [0.29, 0.717) is 12.3 Å². The number of carbonyl (C=O) groups excluding carboxylic acids is 1. The molecule has 0 aromatic heterocycles. The molecule has 4 rings (SSSR count). The van der Waals surface area contributed by atoms with E-state index in [4.69, 9.17) is 0 Å². The molecular formula is C19H16O. The first kappa shape index (κ1) is 11.7. The van der Waals surface area contributed by atoms with E-state index in [0.717, 1.165) is 12.0 Å². The highest BCUT2D eigenvalue weighted by molar-refractivity contribution is 6.05. The molecule has 0 saturated heterocycles. The summed E-state index contributed by atoms with van der Waals surface area (Å²) in [6.45, 7) is 2.25. The molecule has 0 heterocycles. The molecule has 1 heteroatoms. The molecule has 2 aromatic carbocycles. The molecule has 20 heavy (non-hydrogen) atoms. The highest BCUT2D eigenvalue weighted by atomic mass is 16.1. The van der Waals surface area contributed by atoms with Gasteiger partial charge in [0.15, 0.2) is 5.78 Å². The molecule has 2 aromatic rings. The third-order valence-corrected chi connectivity index (χ3v) is 4.40. The number of benzene rings is 2. The Kier molecular flexibility index (Phi) is 2.43. The van der Waals surface area contributed by atoms with Crippen LogP contribution in [-0.4, -0.2) is 5.78 Å². The van der Waals surface area contributed by atoms with Crippen LogP contribution in [-0.2, 0) is 17.6 Å². The van der Waals surface area contributed by atoms with Crippen LogP contribution in [0.1, 0.15) is 29.2 Å². The number of allylic oxidation sites excluding steroid dienone is 2. The van der Waals surface area contributed by atoms with Crippen LogP contribution in [0, 0.1) is 5.92 Å². The van der Waals surface area contributed by atoms with Gasteiger partial charge in [0.05, 0.1) is 0 Å². The SMILES string of the molecule is CC1C=Cc2c(ccc3c4c(ccc23)CC(=O)C=C4)C1. The highest BCUT2D eigenvalue weighted by Gasteiger charge is 2.17. The van der Waals surface area contributed by atoms with E-state index in [1.807, 2.05) is 6.08 Å². The van der Waals surface area contributed by atoms with Gasteiger partial charge in [-0.1, -0.05) is 49.4 Å². The largest absolute Gasteiger partial charge is 0.294 e. The molecule has 0 spiro atoms. The summed E-state index contributed by atoms with van der Waals surface area (Å²) in [7, 11) is 0. The van der Waals surface area contributed by atoms with Gasteiger partial charge in [-0.3, -0.25) is 4.79 Å². The number of carbonyl (C=O) groups is 1. The fourth-order valence-electron chi connectivity index (χ4n) is 3.37. The van der Waals surface area contributed by atoms with Gasteiger partial charge < -0.3 is 0 Å². The minimum absolute atomic E-state index is 0.198. The van der Waals surface area contributed by atoms with E-state index in [9.17, 15) is 4.79 Å². The van der Waals surface area contributed by atoms with Crippen molar-refractivity contribution in [3.8, 4) is 0 Å². The average Bonchev–Trinajstić information content (AvgIpc) is 2.45. The Balaban J connectivity index is 2.01. The van der Waals surface area contributed by atoms with E-state index in [1.54, 1.807) is 6.08 Å². The van der Waals surface area contributed by atoms with Crippen molar-refractivity contribution in [2.75, 3.05) is 0 Å². The smallest absolute Gasteiger partial charge is 0.160 e. The minimum atomic E-state index is 0.198. The Morgan fingerprint density at radius 2 is 1.60 bits per heavy atom. The van der Waals surface area contributed by atoms with Crippen LogP contribution >= 0.6 is 0 Å². The van der Waals surface area contributed by atoms with Crippen LogP contribution in [0.25, 0.3) is 22.9 Å². The summed E-state index contributed by atoms with van der Waals surface area (Å²) in [5.74, 6) is 0.818. The lowest BCUT2D eigenvalue weighted by Crippen LogP contribution is -2.07. The molecule has 0 bridgehead atoms. The van der Waals surface area contributed by atoms with Crippen molar-refractivity contribution >= 4 is 28.7 Å². The Labute approximate surface area is 118 Å². The predicted molar refractivity (Wildman–Crippen MR) is 83.6 cm³/mol. The molecule has 0 radical (unpaired) electrons. The van der Waals surface area contributed by atoms with Gasteiger partial charge in [-0.25, -0.2) is 0 Å². The fourth-order valence-corrected chi connectivity index (χ4v) is 3.37. The van der Waals surface area contributed by atoms with Gasteiger partial charge in [0, 0.05) is 6.42 Å². The summed E-state index contributed by atoms with van der Waals surface area (Å²) in [5, 5.41) is 2.58. The third kappa shape index (κ3) is 1.66. The second kappa shape index (κ2) is 4.17. The van der Waals surface area contributed by atoms with Gasteiger partial charge in [0.25, 0.3) is 0 Å². The first-order valence-electron chi connectivity index (χ1n) is 7.19. The Morgan fingerprint density at radius 1 is 0.900 bits per heavy atom. The average molecular weight is 260 g/mol. The predicted octanol–water partition coefficient (Wildman–Crippen LogP) is 4.18. The number of hydrogen-bond acceptors (Lipinski definition) is 1. The monoisotopic (exact) mass is 260 g/mol. The van der Waals surface area contributed by atoms with Crippen LogP contribution in [0.5, 0.6) is 0 Å². The summed E-state index contributed by atoms with van der Waals surface area (Å²) in [5.41, 5.74) is 5.16. The lowest BCUT2D eigenvalue weighted by molar-refractivity contribution is -0.114. The quantitative estimate of drug-likeness (QED) is 0.694. The van der Waals surface area contributed by atoms with Crippen molar-refractivity contribution in [3.05, 3.63) is 58.7 Å². The minimum Gasteiger partial charge on any atom is -0.294 e. The molecule has 0 saturated carbocycles. The first-order valence-corrected chi connectivity index (χ1v) is 7.19. The molecule has 0 N–H and O–H groups in total. The zero-order valence-corrected chi connectivity index (χ0v) is 11.5. The van der Waals surface area contributed by atoms with Crippen molar-refractivity contribution in [2.45, 2.75) is 19.8 Å². The van der Waals surface area contributed by atoms with Crippen LogP contribution in [0.4, 0.5) is 0 Å². The molecule has 2 aliphatic carbocycles. The van der Waals surface area contributed by atoms with E-state index in [1.165, 1.54) is 27.5 Å². The van der Waals surface area contributed by atoms with Gasteiger partial charge in [-0.05, 0) is 51.4 Å². The molecule has 98 valence electrons. The molecular weight excluding hydrogens is 244 g/mol. The van der Waals surface area contributed by atoms with Gasteiger partial charge in [-0.15, -0.1) is 0 Å². The third-order valence-electron chi connectivity index (χ3n) is 4.40. The zero-order chi connectivity index (χ0) is 13.7. The fraction of sp³-hybridized carbons (Fsp3) is 0.211. The molecule has 0 fully saturated rings. The Hall–Kier alpha value is -2.15. The van der Waals surface area contributed by atoms with Gasteiger partial charge >= 0.3 is 0 Å². The zero-order valence-electron chi connectivity index (χ0n) is 11.5. The lowest BCUT2D eigenvalue weighted by Gasteiger charge is -2.20. The molecule has 0 amide bonds. The maximum Gasteiger partial charge on any atom is 0.160 e. The maximum absolute atomic E-state index is 11.5. The van der Waals surface area contributed by atoms with Crippen molar-refractivity contribution in [1.82, 2.24) is 0 Å². The second-order valence-electron chi connectivity index (χ2n) is 5.89. The normalized spacial score (nSPS) is 20.1. The van der Waals surface area contributed by atoms with Crippen LogP contribution in [0.3, 0.4) is 0 Å². The topological polar surface area (TPSA) is 17.1 Å². The van der Waals surface area contributed by atoms with Crippen molar-refractivity contribution in [1.29, 1.82) is 0 Å². The molecule has 2 aliphatic rings. The Bertz CT molecular complexity index is 793. The summed E-state index contributed by atoms with van der Waals surface area (Å²) in [4.78, 5) is 11.5. The number of rotatable bonds is 0. The summed E-state index contributed by atoms with van der Waals surface area (Å²) < 4.78 is 0. The number of fused-ring (bicyclic) bond motifs is 5. The van der Waals surface area contributed by atoms with Crippen LogP contribution < -0.4 is 0 Å². The molecule has 0 aliphatic heterocycles. The standard InChI is InChI=1S/C19H16O/c1-12-2-6-16-13(10-12)3-7-19-17-9-5-15(20)11-14(17)4-8-18(16)19/h2-9,12H,10-11H2,1H3. The molecule has 1 unspecified atom stereocenters. The van der Waals surface area contributed by atoms with Gasteiger partial charge in [0.1, 0.15) is 0 Å². The van der Waals surface area contributed by atoms with Crippen molar-refractivity contribution in [2.24, 2.45) is 5.92 Å².